The molecule has 0 spiro atoms. The number of fused-ring (bicyclic) bond motifs is 1. The Kier molecular flexibility index (Phi) is 7.61. The molecule has 2 aromatic carbocycles. The standard InChI is InChI=1S/C23H28N4O4/c1-4-5-12-27(14-21-24-18-9-7-6-8-17(18)23(29)26-21)15-22(28)25-19-13-16(30-2)10-11-20(19)31-3/h6-11,13H,4-5,12,14-15H2,1-3H3,(H,25,28)(H,24,26,29). The zero-order chi connectivity index (χ0) is 22.2. The summed E-state index contributed by atoms with van der Waals surface area (Å²) in [5.74, 6) is 1.52. The quantitative estimate of drug-likeness (QED) is 0.519. The molecule has 1 heterocycles. The Hall–Kier alpha value is -3.39. The summed E-state index contributed by atoms with van der Waals surface area (Å²) < 4.78 is 10.6. The molecule has 3 rings (SSSR count). The molecule has 164 valence electrons. The van der Waals surface area contributed by atoms with E-state index < -0.39 is 0 Å². The maximum absolute atomic E-state index is 12.8. The van der Waals surface area contributed by atoms with Crippen molar-refractivity contribution < 1.29 is 14.3 Å². The summed E-state index contributed by atoms with van der Waals surface area (Å²) in [6.45, 7) is 3.31. The van der Waals surface area contributed by atoms with Gasteiger partial charge < -0.3 is 19.8 Å². The van der Waals surface area contributed by atoms with Crippen LogP contribution in [0.3, 0.4) is 0 Å². The first-order valence-corrected chi connectivity index (χ1v) is 10.3. The summed E-state index contributed by atoms with van der Waals surface area (Å²) in [7, 11) is 3.12. The molecule has 0 saturated heterocycles. The number of hydrogen-bond acceptors (Lipinski definition) is 6. The number of aromatic amines is 1. The summed E-state index contributed by atoms with van der Waals surface area (Å²) in [5, 5.41) is 3.44. The van der Waals surface area contributed by atoms with Gasteiger partial charge in [0.2, 0.25) is 5.91 Å². The normalized spacial score (nSPS) is 11.0. The van der Waals surface area contributed by atoms with Crippen LogP contribution < -0.4 is 20.3 Å². The Bertz CT molecular complexity index is 1100. The monoisotopic (exact) mass is 424 g/mol. The summed E-state index contributed by atoms with van der Waals surface area (Å²) in [6, 6.07) is 12.4. The van der Waals surface area contributed by atoms with Crippen molar-refractivity contribution in [2.75, 3.05) is 32.6 Å². The third-order valence-electron chi connectivity index (χ3n) is 4.91. The maximum atomic E-state index is 12.8. The largest absolute Gasteiger partial charge is 0.497 e. The highest BCUT2D eigenvalue weighted by atomic mass is 16.5. The molecule has 0 atom stereocenters. The van der Waals surface area contributed by atoms with Crippen molar-refractivity contribution in [2.45, 2.75) is 26.3 Å². The van der Waals surface area contributed by atoms with Crippen molar-refractivity contribution in [2.24, 2.45) is 0 Å². The number of carbonyl (C=O) groups is 1. The van der Waals surface area contributed by atoms with Gasteiger partial charge in [-0.25, -0.2) is 4.98 Å². The van der Waals surface area contributed by atoms with E-state index in [1.165, 1.54) is 0 Å². The number of anilines is 1. The van der Waals surface area contributed by atoms with Crippen LogP contribution in [-0.2, 0) is 11.3 Å². The van der Waals surface area contributed by atoms with Crippen LogP contribution in [0, 0.1) is 0 Å². The number of aromatic nitrogens is 2. The zero-order valence-corrected chi connectivity index (χ0v) is 18.1. The van der Waals surface area contributed by atoms with Crippen molar-refractivity contribution in [1.29, 1.82) is 0 Å². The maximum Gasteiger partial charge on any atom is 0.258 e. The molecule has 0 aliphatic carbocycles. The fraction of sp³-hybridized carbons (Fsp3) is 0.348. The fourth-order valence-corrected chi connectivity index (χ4v) is 3.32. The van der Waals surface area contributed by atoms with Gasteiger partial charge in [0.25, 0.3) is 5.56 Å². The van der Waals surface area contributed by atoms with E-state index in [-0.39, 0.29) is 18.0 Å². The van der Waals surface area contributed by atoms with E-state index in [4.69, 9.17) is 9.47 Å². The summed E-state index contributed by atoms with van der Waals surface area (Å²) in [6.07, 6.45) is 1.91. The Morgan fingerprint density at radius 2 is 1.97 bits per heavy atom. The lowest BCUT2D eigenvalue weighted by Crippen LogP contribution is -2.34. The number of carbonyl (C=O) groups excluding carboxylic acids is 1. The van der Waals surface area contributed by atoms with Crippen LogP contribution in [0.2, 0.25) is 0 Å². The van der Waals surface area contributed by atoms with Gasteiger partial charge in [0.15, 0.2) is 0 Å². The number of unbranched alkanes of at least 4 members (excludes halogenated alkanes) is 1. The number of amides is 1. The summed E-state index contributed by atoms with van der Waals surface area (Å²) in [5.41, 5.74) is 1.00. The van der Waals surface area contributed by atoms with Crippen LogP contribution >= 0.6 is 0 Å². The zero-order valence-electron chi connectivity index (χ0n) is 18.1. The average Bonchev–Trinajstić information content (AvgIpc) is 2.77. The molecule has 0 aliphatic rings. The topological polar surface area (TPSA) is 96.6 Å². The van der Waals surface area contributed by atoms with Gasteiger partial charge in [0.1, 0.15) is 17.3 Å². The number of ether oxygens (including phenoxy) is 2. The Morgan fingerprint density at radius 3 is 2.71 bits per heavy atom. The van der Waals surface area contributed by atoms with Crippen LogP contribution in [0.15, 0.2) is 47.3 Å². The lowest BCUT2D eigenvalue weighted by molar-refractivity contribution is -0.117. The number of rotatable bonds is 10. The van der Waals surface area contributed by atoms with Crippen molar-refractivity contribution in [1.82, 2.24) is 14.9 Å². The van der Waals surface area contributed by atoms with E-state index in [1.807, 2.05) is 23.1 Å². The van der Waals surface area contributed by atoms with Crippen LogP contribution in [0.4, 0.5) is 5.69 Å². The van der Waals surface area contributed by atoms with Gasteiger partial charge in [0, 0.05) is 6.07 Å². The lowest BCUT2D eigenvalue weighted by Gasteiger charge is -2.21. The number of para-hydroxylation sites is 1. The van der Waals surface area contributed by atoms with Gasteiger partial charge in [-0.15, -0.1) is 0 Å². The Labute approximate surface area is 181 Å². The van der Waals surface area contributed by atoms with Crippen LogP contribution in [0.25, 0.3) is 10.9 Å². The molecule has 0 aliphatic heterocycles. The molecular formula is C23H28N4O4. The molecule has 3 aromatic rings. The molecule has 2 N–H and O–H groups in total. The predicted octanol–water partition coefficient (Wildman–Crippen LogP) is 3.18. The van der Waals surface area contributed by atoms with E-state index >= 15 is 0 Å². The van der Waals surface area contributed by atoms with Crippen molar-refractivity contribution >= 4 is 22.5 Å². The first kappa shape index (κ1) is 22.3. The number of nitrogens with zero attached hydrogens (tertiary/aromatic N) is 2. The van der Waals surface area contributed by atoms with Crippen molar-refractivity contribution in [3.05, 3.63) is 58.6 Å². The number of hydrogen-bond donors (Lipinski definition) is 2. The molecule has 0 saturated carbocycles. The lowest BCUT2D eigenvalue weighted by atomic mass is 10.2. The van der Waals surface area contributed by atoms with Gasteiger partial charge in [-0.3, -0.25) is 14.5 Å². The van der Waals surface area contributed by atoms with E-state index in [9.17, 15) is 9.59 Å². The fourth-order valence-electron chi connectivity index (χ4n) is 3.32. The Balaban J connectivity index is 1.76. The molecule has 0 bridgehead atoms. The minimum Gasteiger partial charge on any atom is -0.497 e. The third kappa shape index (κ3) is 5.82. The molecule has 0 radical (unpaired) electrons. The molecule has 0 fully saturated rings. The van der Waals surface area contributed by atoms with Crippen LogP contribution in [0.5, 0.6) is 11.5 Å². The second-order valence-corrected chi connectivity index (χ2v) is 7.21. The smallest absolute Gasteiger partial charge is 0.258 e. The molecular weight excluding hydrogens is 396 g/mol. The van der Waals surface area contributed by atoms with Gasteiger partial charge in [-0.1, -0.05) is 25.5 Å². The molecule has 8 nitrogen and oxygen atoms in total. The second kappa shape index (κ2) is 10.6. The minimum atomic E-state index is -0.189. The van der Waals surface area contributed by atoms with E-state index in [0.717, 1.165) is 12.8 Å². The van der Waals surface area contributed by atoms with Gasteiger partial charge in [-0.05, 0) is 37.2 Å². The predicted molar refractivity (Wildman–Crippen MR) is 121 cm³/mol. The number of H-pyrrole nitrogens is 1. The minimum absolute atomic E-state index is 0.150. The Morgan fingerprint density at radius 1 is 1.16 bits per heavy atom. The van der Waals surface area contributed by atoms with Crippen molar-refractivity contribution in [3.8, 4) is 11.5 Å². The molecule has 8 heteroatoms. The van der Waals surface area contributed by atoms with Crippen molar-refractivity contribution in [3.63, 3.8) is 0 Å². The SMILES string of the molecule is CCCCN(CC(=O)Nc1cc(OC)ccc1OC)Cc1nc2ccccc2c(=O)[nH]1. The summed E-state index contributed by atoms with van der Waals surface area (Å²) >= 11 is 0. The summed E-state index contributed by atoms with van der Waals surface area (Å²) in [4.78, 5) is 34.5. The van der Waals surface area contributed by atoms with Crippen LogP contribution in [0.1, 0.15) is 25.6 Å². The first-order valence-electron chi connectivity index (χ1n) is 10.3. The highest BCUT2D eigenvalue weighted by Gasteiger charge is 2.15. The number of benzene rings is 2. The molecule has 31 heavy (non-hydrogen) atoms. The molecule has 1 aromatic heterocycles. The second-order valence-electron chi connectivity index (χ2n) is 7.21. The average molecular weight is 425 g/mol. The van der Waals surface area contributed by atoms with Gasteiger partial charge >= 0.3 is 0 Å². The number of nitrogens with one attached hydrogen (secondary N) is 2. The van der Waals surface area contributed by atoms with Crippen LogP contribution in [-0.4, -0.2) is 48.1 Å². The highest BCUT2D eigenvalue weighted by Crippen LogP contribution is 2.28. The molecule has 1 amide bonds. The van der Waals surface area contributed by atoms with Gasteiger partial charge in [-0.2, -0.15) is 0 Å². The third-order valence-corrected chi connectivity index (χ3v) is 4.91. The van der Waals surface area contributed by atoms with Gasteiger partial charge in [0.05, 0.1) is 43.9 Å². The first-order chi connectivity index (χ1) is 15.0. The van der Waals surface area contributed by atoms with E-state index in [0.29, 0.717) is 47.0 Å². The number of methoxy groups -OCH3 is 2. The highest BCUT2D eigenvalue weighted by molar-refractivity contribution is 5.94. The van der Waals surface area contributed by atoms with E-state index in [2.05, 4.69) is 22.2 Å². The molecule has 0 unspecified atom stereocenters. The van der Waals surface area contributed by atoms with E-state index in [1.54, 1.807) is 38.5 Å².